The molecule has 0 bridgehead atoms. The Balaban J connectivity index is 1.98. The molecule has 0 aliphatic carbocycles. The first-order valence-corrected chi connectivity index (χ1v) is 10.1. The van der Waals surface area contributed by atoms with Crippen molar-refractivity contribution in [1.29, 1.82) is 0 Å². The third kappa shape index (κ3) is 2.17. The van der Waals surface area contributed by atoms with E-state index >= 15 is 0 Å². The number of aromatic nitrogens is 2. The van der Waals surface area contributed by atoms with E-state index in [9.17, 15) is 0 Å². The Labute approximate surface area is 145 Å². The first-order valence-electron chi connectivity index (χ1n) is 7.38. The van der Waals surface area contributed by atoms with Crippen LogP contribution >= 0.6 is 43.6 Å². The minimum absolute atomic E-state index is 1.09. The number of benzene rings is 1. The molecule has 3 nitrogen and oxygen atoms in total. The predicted octanol–water partition coefficient (Wildman–Crippen LogP) is 4.37. The summed E-state index contributed by atoms with van der Waals surface area (Å²) >= 11 is 9.56. The second-order valence-electron chi connectivity index (χ2n) is 5.70. The fourth-order valence-electron chi connectivity index (χ4n) is 3.37. The average molecular weight is 431 g/mol. The molecule has 0 amide bonds. The zero-order valence-corrected chi connectivity index (χ0v) is 15.9. The van der Waals surface area contributed by atoms with Crippen LogP contribution in [0.4, 0.5) is 5.95 Å². The van der Waals surface area contributed by atoms with Crippen LogP contribution in [0, 0.1) is 6.92 Å². The molecule has 2 aromatic rings. The van der Waals surface area contributed by atoms with Crippen molar-refractivity contribution in [3.63, 3.8) is 0 Å². The lowest BCUT2D eigenvalue weighted by Crippen LogP contribution is -2.34. The summed E-state index contributed by atoms with van der Waals surface area (Å²) in [5.74, 6) is 3.60. The van der Waals surface area contributed by atoms with Gasteiger partial charge in [0.25, 0.3) is 0 Å². The second-order valence-corrected chi connectivity index (χ2v) is 8.51. The lowest BCUT2D eigenvalue weighted by atomic mass is 10.0. The second kappa shape index (κ2) is 5.46. The van der Waals surface area contributed by atoms with Crippen LogP contribution in [0.25, 0.3) is 11.0 Å². The van der Waals surface area contributed by atoms with Gasteiger partial charge in [-0.1, -0.05) is 0 Å². The minimum Gasteiger partial charge on any atom is -0.341 e. The SMILES string of the molecule is Cc1c(Br)c(Br)c2c3c1nc(N1CCSCC1)n3CCC2. The highest BCUT2D eigenvalue weighted by molar-refractivity contribution is 9.13. The highest BCUT2D eigenvalue weighted by Crippen LogP contribution is 2.41. The van der Waals surface area contributed by atoms with E-state index in [1.807, 2.05) is 11.8 Å². The Morgan fingerprint density at radius 2 is 1.86 bits per heavy atom. The summed E-state index contributed by atoms with van der Waals surface area (Å²) in [6, 6.07) is 0. The number of aryl methyl sites for hydroxylation is 3. The molecule has 112 valence electrons. The molecular formula is C15H17Br2N3S. The molecule has 1 fully saturated rings. The lowest BCUT2D eigenvalue weighted by molar-refractivity contribution is 0.618. The summed E-state index contributed by atoms with van der Waals surface area (Å²) in [7, 11) is 0. The van der Waals surface area contributed by atoms with Gasteiger partial charge in [-0.2, -0.15) is 11.8 Å². The van der Waals surface area contributed by atoms with Crippen LogP contribution in [0.15, 0.2) is 8.95 Å². The monoisotopic (exact) mass is 429 g/mol. The topological polar surface area (TPSA) is 21.1 Å². The van der Waals surface area contributed by atoms with Crippen LogP contribution < -0.4 is 4.90 Å². The molecule has 3 heterocycles. The summed E-state index contributed by atoms with van der Waals surface area (Å²) in [5.41, 5.74) is 5.18. The predicted molar refractivity (Wildman–Crippen MR) is 97.7 cm³/mol. The molecule has 1 aromatic heterocycles. The van der Waals surface area contributed by atoms with Crippen LogP contribution in [0.1, 0.15) is 17.5 Å². The van der Waals surface area contributed by atoms with E-state index in [1.54, 1.807) is 0 Å². The molecule has 6 heteroatoms. The molecule has 4 rings (SSSR count). The Kier molecular flexibility index (Phi) is 3.74. The Bertz CT molecular complexity index is 720. The number of imidazole rings is 1. The van der Waals surface area contributed by atoms with Gasteiger partial charge in [-0.3, -0.25) is 0 Å². The van der Waals surface area contributed by atoms with Crippen molar-refractivity contribution < 1.29 is 0 Å². The molecule has 2 aliphatic rings. The average Bonchev–Trinajstić information content (AvgIpc) is 2.92. The largest absolute Gasteiger partial charge is 0.341 e. The standard InChI is InChI=1S/C15H17Br2N3S/c1-9-11(16)12(17)10-3-2-4-20-14(10)13(9)18-15(20)19-5-7-21-8-6-19/h2-8H2,1H3. The Morgan fingerprint density at radius 3 is 2.62 bits per heavy atom. The van der Waals surface area contributed by atoms with Gasteiger partial charge in [0.1, 0.15) is 0 Å². The summed E-state index contributed by atoms with van der Waals surface area (Å²) in [6.45, 7) is 5.49. The van der Waals surface area contributed by atoms with Gasteiger partial charge in [0.2, 0.25) is 5.95 Å². The van der Waals surface area contributed by atoms with Gasteiger partial charge in [-0.05, 0) is 62.8 Å². The first-order chi connectivity index (χ1) is 10.2. The van der Waals surface area contributed by atoms with E-state index in [0.717, 1.165) is 30.5 Å². The number of thioether (sulfide) groups is 1. The number of anilines is 1. The highest BCUT2D eigenvalue weighted by atomic mass is 79.9. The van der Waals surface area contributed by atoms with Crippen LogP contribution in [-0.2, 0) is 13.0 Å². The van der Waals surface area contributed by atoms with E-state index < -0.39 is 0 Å². The number of hydrogen-bond acceptors (Lipinski definition) is 3. The van der Waals surface area contributed by atoms with Crippen molar-refractivity contribution in [1.82, 2.24) is 9.55 Å². The molecule has 0 atom stereocenters. The fraction of sp³-hybridized carbons (Fsp3) is 0.533. The Hall–Kier alpha value is -0.200. The summed E-state index contributed by atoms with van der Waals surface area (Å²) in [4.78, 5) is 7.50. The van der Waals surface area contributed by atoms with E-state index in [0.29, 0.717) is 0 Å². The Morgan fingerprint density at radius 1 is 1.10 bits per heavy atom. The molecule has 21 heavy (non-hydrogen) atoms. The first kappa shape index (κ1) is 14.4. The molecule has 0 N–H and O–H groups in total. The molecule has 0 saturated carbocycles. The molecule has 0 radical (unpaired) electrons. The van der Waals surface area contributed by atoms with Gasteiger partial charge in [-0.25, -0.2) is 4.98 Å². The van der Waals surface area contributed by atoms with Crippen molar-refractivity contribution in [3.8, 4) is 0 Å². The number of rotatable bonds is 1. The fourth-order valence-corrected chi connectivity index (χ4v) is 5.39. The van der Waals surface area contributed by atoms with Gasteiger partial charge < -0.3 is 9.47 Å². The highest BCUT2D eigenvalue weighted by Gasteiger charge is 2.26. The molecule has 0 unspecified atom stereocenters. The number of hydrogen-bond donors (Lipinski definition) is 0. The van der Waals surface area contributed by atoms with Crippen molar-refractivity contribution in [2.45, 2.75) is 26.3 Å². The van der Waals surface area contributed by atoms with Crippen molar-refractivity contribution >= 4 is 60.6 Å². The van der Waals surface area contributed by atoms with Crippen LogP contribution in [-0.4, -0.2) is 34.1 Å². The molecule has 1 aromatic carbocycles. The zero-order chi connectivity index (χ0) is 14.6. The van der Waals surface area contributed by atoms with E-state index in [1.165, 1.54) is 50.5 Å². The maximum Gasteiger partial charge on any atom is 0.206 e. The van der Waals surface area contributed by atoms with Crippen molar-refractivity contribution in [3.05, 3.63) is 20.1 Å². The molecular weight excluding hydrogens is 414 g/mol. The third-order valence-corrected chi connectivity index (χ3v) is 7.82. The van der Waals surface area contributed by atoms with Gasteiger partial charge in [0.05, 0.1) is 11.0 Å². The van der Waals surface area contributed by atoms with Gasteiger partial charge in [0, 0.05) is 40.1 Å². The van der Waals surface area contributed by atoms with Gasteiger partial charge >= 0.3 is 0 Å². The molecule has 2 aliphatic heterocycles. The quantitative estimate of drug-likeness (QED) is 0.670. The van der Waals surface area contributed by atoms with Crippen LogP contribution in [0.3, 0.4) is 0 Å². The molecule has 0 spiro atoms. The van der Waals surface area contributed by atoms with E-state index in [4.69, 9.17) is 4.98 Å². The minimum atomic E-state index is 1.09. The van der Waals surface area contributed by atoms with E-state index in [-0.39, 0.29) is 0 Å². The van der Waals surface area contributed by atoms with Crippen molar-refractivity contribution in [2.24, 2.45) is 0 Å². The smallest absolute Gasteiger partial charge is 0.206 e. The van der Waals surface area contributed by atoms with E-state index in [2.05, 4.69) is 48.3 Å². The number of nitrogens with zero attached hydrogens (tertiary/aromatic N) is 3. The normalized spacial score (nSPS) is 18.5. The molecule has 1 saturated heterocycles. The maximum atomic E-state index is 5.04. The summed E-state index contributed by atoms with van der Waals surface area (Å²) in [5, 5.41) is 0. The van der Waals surface area contributed by atoms with Crippen LogP contribution in [0.5, 0.6) is 0 Å². The van der Waals surface area contributed by atoms with Crippen molar-refractivity contribution in [2.75, 3.05) is 29.5 Å². The number of halogens is 2. The van der Waals surface area contributed by atoms with Crippen LogP contribution in [0.2, 0.25) is 0 Å². The van der Waals surface area contributed by atoms with Gasteiger partial charge in [-0.15, -0.1) is 0 Å². The zero-order valence-electron chi connectivity index (χ0n) is 12.0. The lowest BCUT2D eigenvalue weighted by Gasteiger charge is -2.29. The maximum absolute atomic E-state index is 5.04. The third-order valence-electron chi connectivity index (χ3n) is 4.48. The summed E-state index contributed by atoms with van der Waals surface area (Å²) in [6.07, 6.45) is 2.33. The summed E-state index contributed by atoms with van der Waals surface area (Å²) < 4.78 is 4.83. The van der Waals surface area contributed by atoms with Gasteiger partial charge in [0.15, 0.2) is 0 Å².